The van der Waals surface area contributed by atoms with E-state index in [4.69, 9.17) is 4.98 Å². The molecule has 0 radical (unpaired) electrons. The molecular weight excluding hydrogens is 362 g/mol. The lowest BCUT2D eigenvalue weighted by Crippen LogP contribution is -1.97. The molecule has 4 aromatic rings. The Morgan fingerprint density at radius 1 is 0.867 bits per heavy atom. The first kappa shape index (κ1) is 17.9. The summed E-state index contributed by atoms with van der Waals surface area (Å²) < 4.78 is 0. The number of nitrogens with zero attached hydrogens (tertiary/aromatic N) is 1. The number of aromatic nitrogens is 1. The van der Waals surface area contributed by atoms with Crippen LogP contribution in [0.4, 0.5) is 0 Å². The minimum absolute atomic E-state index is 0.513. The van der Waals surface area contributed by atoms with E-state index in [1.165, 1.54) is 68.1 Å². The quantitative estimate of drug-likeness (QED) is 0.307. The molecule has 3 aromatic carbocycles. The Labute approximate surface area is 178 Å². The molecule has 0 aliphatic heterocycles. The fourth-order valence-corrected chi connectivity index (χ4v) is 5.16. The summed E-state index contributed by atoms with van der Waals surface area (Å²) in [5.41, 5.74) is 12.3. The Morgan fingerprint density at radius 3 is 2.47 bits per heavy atom. The monoisotopic (exact) mass is 389 g/mol. The number of hydrogen-bond acceptors (Lipinski definition) is 1. The van der Waals surface area contributed by atoms with Gasteiger partial charge in [-0.2, -0.15) is 0 Å². The molecule has 0 bridgehead atoms. The predicted molar refractivity (Wildman–Crippen MR) is 126 cm³/mol. The van der Waals surface area contributed by atoms with Crippen LogP contribution in [-0.2, 0) is 6.42 Å². The average Bonchev–Trinajstić information content (AvgIpc) is 3.53. The number of fused-ring (bicyclic) bond motifs is 4. The zero-order valence-corrected chi connectivity index (χ0v) is 18.0. The van der Waals surface area contributed by atoms with Gasteiger partial charge in [-0.15, -0.1) is 0 Å². The van der Waals surface area contributed by atoms with Crippen molar-refractivity contribution in [1.29, 1.82) is 0 Å². The van der Waals surface area contributed by atoms with Crippen molar-refractivity contribution in [3.8, 4) is 22.4 Å². The molecule has 1 heteroatoms. The molecule has 30 heavy (non-hydrogen) atoms. The highest BCUT2D eigenvalue weighted by atomic mass is 14.7. The van der Waals surface area contributed by atoms with Crippen LogP contribution in [0.15, 0.2) is 60.8 Å². The fraction of sp³-hybridized carbons (Fsp3) is 0.276. The van der Waals surface area contributed by atoms with Gasteiger partial charge >= 0.3 is 0 Å². The summed E-state index contributed by atoms with van der Waals surface area (Å²) in [5.74, 6) is 1.21. The van der Waals surface area contributed by atoms with E-state index in [1.807, 2.05) is 0 Å². The van der Waals surface area contributed by atoms with E-state index in [-0.39, 0.29) is 0 Å². The summed E-state index contributed by atoms with van der Waals surface area (Å²) in [6.07, 6.45) is 5.77. The lowest BCUT2D eigenvalue weighted by Gasteiger charge is -2.16. The lowest BCUT2D eigenvalue weighted by atomic mass is 9.90. The molecule has 1 aromatic heterocycles. The molecule has 0 amide bonds. The van der Waals surface area contributed by atoms with Gasteiger partial charge in [0, 0.05) is 17.1 Å². The standard InChI is InChI=1S/C29H27N/c1-17(2)20-10-11-23-27(14-20)29(30-16-28(23)19-8-9-19)26-13-18(3)12-24-22-7-5-4-6-21(22)15-25(24)26/h4-7,10-14,16-17,19H,8-9,15H2,1-3H3. The zero-order valence-electron chi connectivity index (χ0n) is 18.0. The van der Waals surface area contributed by atoms with Crippen molar-refractivity contribution in [3.05, 3.63) is 88.6 Å². The lowest BCUT2D eigenvalue weighted by molar-refractivity contribution is 0.868. The van der Waals surface area contributed by atoms with Crippen LogP contribution < -0.4 is 0 Å². The smallest absolute Gasteiger partial charge is 0.0783 e. The molecule has 148 valence electrons. The van der Waals surface area contributed by atoms with Gasteiger partial charge < -0.3 is 0 Å². The Balaban J connectivity index is 1.64. The maximum absolute atomic E-state index is 5.12. The van der Waals surface area contributed by atoms with Crippen LogP contribution in [0.5, 0.6) is 0 Å². The van der Waals surface area contributed by atoms with E-state index < -0.39 is 0 Å². The molecule has 1 saturated carbocycles. The van der Waals surface area contributed by atoms with Gasteiger partial charge in [-0.1, -0.05) is 56.3 Å². The highest BCUT2D eigenvalue weighted by Crippen LogP contribution is 2.47. The molecular formula is C29H27N. The van der Waals surface area contributed by atoms with Crippen LogP contribution >= 0.6 is 0 Å². The SMILES string of the molecule is Cc1cc2c(c(-c3ncc(C4CC4)c4ccc(C(C)C)cc34)c1)Cc1ccccc1-2. The van der Waals surface area contributed by atoms with Crippen molar-refractivity contribution in [2.24, 2.45) is 0 Å². The van der Waals surface area contributed by atoms with Gasteiger partial charge in [0.25, 0.3) is 0 Å². The van der Waals surface area contributed by atoms with Crippen LogP contribution in [0.3, 0.4) is 0 Å². The summed E-state index contributed by atoms with van der Waals surface area (Å²) in [4.78, 5) is 5.12. The van der Waals surface area contributed by atoms with Crippen LogP contribution in [-0.4, -0.2) is 4.98 Å². The number of benzene rings is 3. The van der Waals surface area contributed by atoms with E-state index in [0.717, 1.165) is 12.1 Å². The van der Waals surface area contributed by atoms with Gasteiger partial charge in [0.15, 0.2) is 0 Å². The topological polar surface area (TPSA) is 12.9 Å². The summed E-state index contributed by atoms with van der Waals surface area (Å²) in [6.45, 7) is 6.77. The molecule has 0 saturated heterocycles. The van der Waals surface area contributed by atoms with Crippen LogP contribution in [0.2, 0.25) is 0 Å². The Morgan fingerprint density at radius 2 is 1.67 bits per heavy atom. The minimum atomic E-state index is 0.513. The van der Waals surface area contributed by atoms with Gasteiger partial charge in [0.05, 0.1) is 5.69 Å². The first-order valence-electron chi connectivity index (χ1n) is 11.2. The first-order chi connectivity index (χ1) is 14.6. The summed E-state index contributed by atoms with van der Waals surface area (Å²) >= 11 is 0. The van der Waals surface area contributed by atoms with Gasteiger partial charge in [-0.25, -0.2) is 0 Å². The number of hydrogen-bond donors (Lipinski definition) is 0. The maximum atomic E-state index is 5.12. The number of pyridine rings is 1. The number of aryl methyl sites for hydroxylation is 1. The second kappa shape index (κ2) is 6.54. The Bertz CT molecular complexity index is 1310. The third-order valence-corrected chi connectivity index (χ3v) is 6.95. The summed E-state index contributed by atoms with van der Waals surface area (Å²) in [6, 6.07) is 20.6. The second-order valence-corrected chi connectivity index (χ2v) is 9.47. The van der Waals surface area contributed by atoms with Crippen LogP contribution in [0, 0.1) is 6.92 Å². The molecule has 2 aliphatic rings. The normalized spacial score (nSPS) is 14.9. The van der Waals surface area contributed by atoms with Crippen molar-refractivity contribution < 1.29 is 0 Å². The molecule has 0 spiro atoms. The van der Waals surface area contributed by atoms with E-state index in [1.54, 1.807) is 0 Å². The fourth-order valence-electron chi connectivity index (χ4n) is 5.16. The summed E-state index contributed by atoms with van der Waals surface area (Å²) in [7, 11) is 0. The van der Waals surface area contributed by atoms with Gasteiger partial charge in [0.1, 0.15) is 0 Å². The van der Waals surface area contributed by atoms with Crippen LogP contribution in [0.1, 0.15) is 66.3 Å². The Hall–Kier alpha value is -2.93. The summed E-state index contributed by atoms with van der Waals surface area (Å²) in [5, 5.41) is 2.73. The third-order valence-electron chi connectivity index (χ3n) is 6.95. The zero-order chi connectivity index (χ0) is 20.4. The molecule has 0 atom stereocenters. The molecule has 1 fully saturated rings. The Kier molecular flexibility index (Phi) is 3.90. The second-order valence-electron chi connectivity index (χ2n) is 9.47. The highest BCUT2D eigenvalue weighted by molar-refractivity contribution is 5.99. The van der Waals surface area contributed by atoms with Crippen LogP contribution in [0.25, 0.3) is 33.2 Å². The van der Waals surface area contributed by atoms with Crippen molar-refractivity contribution >= 4 is 10.8 Å². The molecule has 0 unspecified atom stereocenters. The molecule has 1 nitrogen and oxygen atoms in total. The van der Waals surface area contributed by atoms with E-state index in [9.17, 15) is 0 Å². The van der Waals surface area contributed by atoms with Crippen molar-refractivity contribution in [3.63, 3.8) is 0 Å². The maximum Gasteiger partial charge on any atom is 0.0783 e. The first-order valence-corrected chi connectivity index (χ1v) is 11.2. The van der Waals surface area contributed by atoms with Gasteiger partial charge in [-0.05, 0) is 94.5 Å². The van der Waals surface area contributed by atoms with Crippen molar-refractivity contribution in [2.45, 2.75) is 51.9 Å². The van der Waals surface area contributed by atoms with E-state index >= 15 is 0 Å². The van der Waals surface area contributed by atoms with Crippen molar-refractivity contribution in [2.75, 3.05) is 0 Å². The van der Waals surface area contributed by atoms with Gasteiger partial charge in [0.2, 0.25) is 0 Å². The molecule has 0 N–H and O–H groups in total. The molecule has 6 rings (SSSR count). The van der Waals surface area contributed by atoms with E-state index in [0.29, 0.717) is 11.8 Å². The van der Waals surface area contributed by atoms with Crippen molar-refractivity contribution in [1.82, 2.24) is 4.98 Å². The largest absolute Gasteiger partial charge is 0.255 e. The predicted octanol–water partition coefficient (Wildman–Crippen LogP) is 7.78. The molecule has 2 aliphatic carbocycles. The van der Waals surface area contributed by atoms with E-state index in [2.05, 4.69) is 81.6 Å². The highest BCUT2D eigenvalue weighted by Gasteiger charge is 2.28. The van der Waals surface area contributed by atoms with Gasteiger partial charge in [-0.3, -0.25) is 4.98 Å². The minimum Gasteiger partial charge on any atom is -0.255 e. The number of rotatable bonds is 3. The average molecular weight is 390 g/mol. The third kappa shape index (κ3) is 2.72. The molecule has 1 heterocycles.